The third-order valence-electron chi connectivity index (χ3n) is 10.5. The lowest BCUT2D eigenvalue weighted by atomic mass is 9.44. The average Bonchev–Trinajstić information content (AvgIpc) is 2.98. The highest BCUT2D eigenvalue weighted by Crippen LogP contribution is 2.70. The number of hydrogen-bond donors (Lipinski definition) is 1. The summed E-state index contributed by atoms with van der Waals surface area (Å²) in [6.45, 7) is 8.92. The van der Waals surface area contributed by atoms with Crippen LogP contribution in [0.15, 0.2) is 0 Å². The molecule has 4 rings (SSSR count). The summed E-state index contributed by atoms with van der Waals surface area (Å²) >= 11 is 0. The number of Topliss-reactive ketones (excluding diaryl/α,β-unsaturated/α-hetero) is 1. The van der Waals surface area contributed by atoms with E-state index in [0.29, 0.717) is 17.8 Å². The van der Waals surface area contributed by atoms with Crippen LogP contribution >= 0.6 is 0 Å². The number of hydrogen-bond acceptors (Lipinski definition) is 7. The molecule has 0 amide bonds. The van der Waals surface area contributed by atoms with Gasteiger partial charge < -0.3 is 9.47 Å². The van der Waals surface area contributed by atoms with Crippen molar-refractivity contribution in [2.45, 2.75) is 97.7 Å². The zero-order valence-corrected chi connectivity index (χ0v) is 20.7. The van der Waals surface area contributed by atoms with Crippen molar-refractivity contribution in [3.8, 4) is 0 Å². The monoisotopic (exact) mass is 464 g/mol. The molecule has 33 heavy (non-hydrogen) atoms. The van der Waals surface area contributed by atoms with Crippen LogP contribution in [0.1, 0.15) is 86.0 Å². The minimum absolute atomic E-state index is 0.0341. The van der Waals surface area contributed by atoms with Crippen molar-refractivity contribution in [2.75, 3.05) is 6.61 Å². The van der Waals surface area contributed by atoms with Crippen molar-refractivity contribution in [3.63, 3.8) is 0 Å². The molecule has 4 aliphatic carbocycles. The van der Waals surface area contributed by atoms with Crippen LogP contribution in [0.2, 0.25) is 0 Å². The van der Waals surface area contributed by atoms with E-state index in [0.717, 1.165) is 51.4 Å². The van der Waals surface area contributed by atoms with Crippen LogP contribution in [-0.4, -0.2) is 41.3 Å². The van der Waals surface area contributed by atoms with Gasteiger partial charge >= 0.3 is 11.9 Å². The summed E-state index contributed by atoms with van der Waals surface area (Å²) < 4.78 is 10.6. The second-order valence-electron chi connectivity index (χ2n) is 11.8. The first kappa shape index (κ1) is 24.6. The average molecular weight is 465 g/mol. The van der Waals surface area contributed by atoms with Crippen molar-refractivity contribution in [1.82, 2.24) is 0 Å². The Kier molecular flexibility index (Phi) is 6.45. The van der Waals surface area contributed by atoms with E-state index < -0.39 is 17.0 Å². The molecule has 0 radical (unpaired) electrons. The summed E-state index contributed by atoms with van der Waals surface area (Å²) in [5.74, 6) is 0.636. The maximum Gasteiger partial charge on any atom is 0.303 e. The third-order valence-corrected chi connectivity index (χ3v) is 10.5. The van der Waals surface area contributed by atoms with Gasteiger partial charge in [-0.2, -0.15) is 0 Å². The van der Waals surface area contributed by atoms with Gasteiger partial charge in [0, 0.05) is 19.3 Å². The second kappa shape index (κ2) is 8.63. The van der Waals surface area contributed by atoms with E-state index in [4.69, 9.17) is 14.4 Å². The van der Waals surface area contributed by atoms with Gasteiger partial charge in [-0.3, -0.25) is 19.6 Å². The van der Waals surface area contributed by atoms with Crippen molar-refractivity contribution >= 4 is 17.7 Å². The fraction of sp³-hybridized carbons (Fsp3) is 0.885. The molecule has 0 bridgehead atoms. The number of carbonyl (C=O) groups is 3. The lowest BCUT2D eigenvalue weighted by Crippen LogP contribution is -2.61. The van der Waals surface area contributed by atoms with Gasteiger partial charge in [0.25, 0.3) is 0 Å². The predicted molar refractivity (Wildman–Crippen MR) is 120 cm³/mol. The van der Waals surface area contributed by atoms with Crippen LogP contribution in [-0.2, 0) is 28.7 Å². The van der Waals surface area contributed by atoms with Crippen LogP contribution in [0.5, 0.6) is 0 Å². The van der Waals surface area contributed by atoms with Gasteiger partial charge in [-0.15, -0.1) is 0 Å². The Hall–Kier alpha value is -1.47. The molecule has 0 unspecified atom stereocenters. The zero-order valence-electron chi connectivity index (χ0n) is 20.7. The first-order chi connectivity index (χ1) is 15.5. The molecule has 0 saturated heterocycles. The van der Waals surface area contributed by atoms with E-state index in [1.165, 1.54) is 13.8 Å². The summed E-state index contributed by atoms with van der Waals surface area (Å²) in [6.07, 6.45) is 7.75. The largest absolute Gasteiger partial charge is 0.463 e. The summed E-state index contributed by atoms with van der Waals surface area (Å²) in [4.78, 5) is 41.3. The molecule has 0 aromatic rings. The lowest BCUT2D eigenvalue weighted by Gasteiger charge is -2.61. The topological polar surface area (TPSA) is 99.1 Å². The molecule has 0 heterocycles. The Morgan fingerprint density at radius 3 is 2.30 bits per heavy atom. The fourth-order valence-electron chi connectivity index (χ4n) is 9.00. The molecule has 0 spiro atoms. The smallest absolute Gasteiger partial charge is 0.303 e. The molecule has 0 aromatic heterocycles. The van der Waals surface area contributed by atoms with Crippen molar-refractivity contribution in [1.29, 1.82) is 0 Å². The first-order valence-corrected chi connectivity index (χ1v) is 12.7. The maximum absolute atomic E-state index is 13.3. The molecule has 0 aliphatic heterocycles. The molecular formula is C26H40O7. The van der Waals surface area contributed by atoms with E-state index >= 15 is 0 Å². The van der Waals surface area contributed by atoms with E-state index in [2.05, 4.69) is 13.8 Å². The van der Waals surface area contributed by atoms with E-state index in [1.54, 1.807) is 0 Å². The van der Waals surface area contributed by atoms with Gasteiger partial charge in [0.2, 0.25) is 5.78 Å². The van der Waals surface area contributed by atoms with Gasteiger partial charge in [0.15, 0.2) is 12.2 Å². The van der Waals surface area contributed by atoms with E-state index in [-0.39, 0.29) is 41.7 Å². The van der Waals surface area contributed by atoms with E-state index in [1.807, 2.05) is 6.92 Å². The van der Waals surface area contributed by atoms with Gasteiger partial charge in [0.1, 0.15) is 6.10 Å². The molecule has 4 saturated carbocycles. The highest BCUT2D eigenvalue weighted by molar-refractivity contribution is 5.91. The Morgan fingerprint density at radius 1 is 0.939 bits per heavy atom. The minimum atomic E-state index is -1.34. The van der Waals surface area contributed by atoms with Gasteiger partial charge in [-0.25, -0.2) is 4.89 Å². The SMILES string of the molecule is CC(=O)OCC(=O)[C@@]1(OO)[C@H](C)C[C@H]2[C@@H]3CC[C@H]4C[C@@H](OC(C)=O)CC[C@]4(C)[C@H]3CC[C@@]21C. The summed E-state index contributed by atoms with van der Waals surface area (Å²) in [7, 11) is 0. The van der Waals surface area contributed by atoms with Crippen LogP contribution < -0.4 is 0 Å². The molecule has 186 valence electrons. The van der Waals surface area contributed by atoms with Crippen molar-refractivity contribution in [2.24, 2.45) is 40.4 Å². The number of fused-ring (bicyclic) bond motifs is 5. The fourth-order valence-corrected chi connectivity index (χ4v) is 9.00. The van der Waals surface area contributed by atoms with Crippen LogP contribution in [0.4, 0.5) is 0 Å². The molecule has 4 fully saturated rings. The van der Waals surface area contributed by atoms with Gasteiger partial charge in [0.05, 0.1) is 0 Å². The first-order valence-electron chi connectivity index (χ1n) is 12.7. The Morgan fingerprint density at radius 2 is 1.67 bits per heavy atom. The molecule has 7 heteroatoms. The quantitative estimate of drug-likeness (QED) is 0.361. The molecule has 7 nitrogen and oxygen atoms in total. The normalized spacial score (nSPS) is 46.5. The highest BCUT2D eigenvalue weighted by Gasteiger charge is 2.71. The highest BCUT2D eigenvalue weighted by atomic mass is 17.1. The second-order valence-corrected chi connectivity index (χ2v) is 11.8. The van der Waals surface area contributed by atoms with Crippen molar-refractivity contribution in [3.05, 3.63) is 0 Å². The molecular weight excluding hydrogens is 424 g/mol. The standard InChI is InChI=1S/C26H40O7/c1-15-12-22-20-7-6-18-13-19(32-17(3)28)8-10-24(18,4)21(20)9-11-25(22,5)26(15,33-30)23(29)14-31-16(2)27/h15,18-22,30H,6-14H2,1-5H3/t15-,18+,19+,20-,21+,22+,24+,25+,26+/m1/s1. The minimum Gasteiger partial charge on any atom is -0.463 e. The number of esters is 2. The summed E-state index contributed by atoms with van der Waals surface area (Å²) in [5, 5.41) is 10.2. The summed E-state index contributed by atoms with van der Waals surface area (Å²) in [5.41, 5.74) is -1.64. The van der Waals surface area contributed by atoms with Gasteiger partial charge in [-0.1, -0.05) is 20.8 Å². The number of carbonyl (C=O) groups excluding carboxylic acids is 3. The number of ether oxygens (including phenoxy) is 2. The number of rotatable bonds is 5. The predicted octanol–water partition coefficient (Wildman–Crippen LogP) is 4.57. The molecule has 9 atom stereocenters. The Bertz CT molecular complexity index is 810. The van der Waals surface area contributed by atoms with E-state index in [9.17, 15) is 19.6 Å². The third kappa shape index (κ3) is 3.65. The van der Waals surface area contributed by atoms with Crippen molar-refractivity contribution < 1.29 is 34.0 Å². The lowest BCUT2D eigenvalue weighted by molar-refractivity contribution is -0.349. The summed E-state index contributed by atoms with van der Waals surface area (Å²) in [6, 6.07) is 0. The Labute approximate surface area is 196 Å². The molecule has 4 aliphatic rings. The zero-order chi connectivity index (χ0) is 24.2. The van der Waals surface area contributed by atoms with Crippen LogP contribution in [0.25, 0.3) is 0 Å². The maximum atomic E-state index is 13.3. The van der Waals surface area contributed by atoms with Crippen LogP contribution in [0, 0.1) is 40.4 Å². The van der Waals surface area contributed by atoms with Crippen LogP contribution in [0.3, 0.4) is 0 Å². The number of ketones is 1. The molecule has 0 aromatic carbocycles. The van der Waals surface area contributed by atoms with Gasteiger partial charge in [-0.05, 0) is 86.4 Å². The Balaban J connectivity index is 1.58. The molecule has 1 N–H and O–H groups in total.